The van der Waals surface area contributed by atoms with Gasteiger partial charge in [-0.1, -0.05) is 6.07 Å². The van der Waals surface area contributed by atoms with E-state index in [4.69, 9.17) is 9.47 Å². The molecule has 22 heavy (non-hydrogen) atoms. The van der Waals surface area contributed by atoms with E-state index in [0.29, 0.717) is 17.4 Å². The first-order chi connectivity index (χ1) is 10.7. The third-order valence-electron chi connectivity index (χ3n) is 2.53. The minimum atomic E-state index is -0.576. The number of nitrogens with zero attached hydrogens (tertiary/aromatic N) is 1. The van der Waals surface area contributed by atoms with Crippen LogP contribution in [0.2, 0.25) is 0 Å². The van der Waals surface area contributed by atoms with Crippen molar-refractivity contribution in [3.8, 4) is 17.4 Å². The molecule has 114 valence electrons. The zero-order chi connectivity index (χ0) is 15.8. The lowest BCUT2D eigenvalue weighted by atomic mass is 10.3. The number of ether oxygens (including phenoxy) is 2. The van der Waals surface area contributed by atoms with Crippen LogP contribution in [-0.2, 0) is 4.79 Å². The van der Waals surface area contributed by atoms with Gasteiger partial charge in [0.25, 0.3) is 5.91 Å². The molecule has 0 saturated heterocycles. The molecule has 0 unspecified atom stereocenters. The smallest absolute Gasteiger partial charge is 0.321 e. The highest BCUT2D eigenvalue weighted by molar-refractivity contribution is 5.94. The number of urea groups is 1. The second-order valence-electron chi connectivity index (χ2n) is 4.16. The largest absolute Gasteiger partial charge is 0.484 e. The van der Waals surface area contributed by atoms with E-state index in [1.165, 1.54) is 7.05 Å². The first kappa shape index (κ1) is 15.3. The Hall–Kier alpha value is -3.09. The summed E-state index contributed by atoms with van der Waals surface area (Å²) in [5.41, 5.74) is 0. The van der Waals surface area contributed by atoms with Gasteiger partial charge in [-0.3, -0.25) is 10.1 Å². The van der Waals surface area contributed by atoms with Gasteiger partial charge >= 0.3 is 6.03 Å². The molecule has 7 heteroatoms. The number of hydrogen-bond acceptors (Lipinski definition) is 5. The van der Waals surface area contributed by atoms with Gasteiger partial charge in [-0.05, 0) is 30.3 Å². The highest BCUT2D eigenvalue weighted by Gasteiger charge is 2.06. The molecule has 1 aromatic carbocycles. The molecule has 0 radical (unpaired) electrons. The lowest BCUT2D eigenvalue weighted by Crippen LogP contribution is -2.39. The Morgan fingerprint density at radius 3 is 2.45 bits per heavy atom. The molecule has 1 aromatic heterocycles. The molecule has 0 bridgehead atoms. The quantitative estimate of drug-likeness (QED) is 0.877. The van der Waals surface area contributed by atoms with Crippen LogP contribution >= 0.6 is 0 Å². The maximum absolute atomic E-state index is 11.4. The molecule has 2 N–H and O–H groups in total. The van der Waals surface area contributed by atoms with E-state index in [-0.39, 0.29) is 6.61 Å². The number of pyridine rings is 1. The van der Waals surface area contributed by atoms with E-state index >= 15 is 0 Å². The summed E-state index contributed by atoms with van der Waals surface area (Å²) in [6, 6.07) is 11.5. The Morgan fingerprint density at radius 2 is 1.82 bits per heavy atom. The predicted octanol–water partition coefficient (Wildman–Crippen LogP) is 1.71. The second-order valence-corrected chi connectivity index (χ2v) is 4.16. The third kappa shape index (κ3) is 4.78. The minimum absolute atomic E-state index is 0.256. The molecule has 0 aliphatic rings. The standard InChI is InChI=1S/C15H15N3O4/c1-16-15(20)18-13(19)10-21-11-5-7-12(8-6-11)22-14-4-2-3-9-17-14/h2-9H,10H2,1H3,(H2,16,18,19,20). The fraction of sp³-hybridized carbons (Fsp3) is 0.133. The van der Waals surface area contributed by atoms with Crippen LogP contribution in [0.4, 0.5) is 4.79 Å². The zero-order valence-corrected chi connectivity index (χ0v) is 11.9. The van der Waals surface area contributed by atoms with E-state index in [9.17, 15) is 9.59 Å². The number of rotatable bonds is 5. The topological polar surface area (TPSA) is 89.6 Å². The van der Waals surface area contributed by atoms with E-state index in [2.05, 4.69) is 15.6 Å². The van der Waals surface area contributed by atoms with Crippen molar-refractivity contribution in [3.63, 3.8) is 0 Å². The average Bonchev–Trinajstić information content (AvgIpc) is 2.55. The summed E-state index contributed by atoms with van der Waals surface area (Å²) in [5, 5.41) is 4.37. The van der Waals surface area contributed by atoms with Crippen molar-refractivity contribution in [1.82, 2.24) is 15.6 Å². The molecular weight excluding hydrogens is 286 g/mol. The predicted molar refractivity (Wildman–Crippen MR) is 78.8 cm³/mol. The summed E-state index contributed by atoms with van der Waals surface area (Å²) >= 11 is 0. The van der Waals surface area contributed by atoms with Crippen molar-refractivity contribution in [2.75, 3.05) is 13.7 Å². The van der Waals surface area contributed by atoms with Crippen LogP contribution in [0.5, 0.6) is 17.4 Å². The van der Waals surface area contributed by atoms with Gasteiger partial charge in [0.15, 0.2) is 6.61 Å². The Bertz CT molecular complexity index is 629. The maximum atomic E-state index is 11.4. The molecule has 0 spiro atoms. The Kier molecular flexibility index (Phi) is 5.31. The molecule has 0 saturated carbocycles. The summed E-state index contributed by atoms with van der Waals surface area (Å²) in [4.78, 5) is 26.3. The van der Waals surface area contributed by atoms with E-state index in [0.717, 1.165) is 0 Å². The van der Waals surface area contributed by atoms with Gasteiger partial charge in [0.05, 0.1) is 0 Å². The molecule has 2 rings (SSSR count). The van der Waals surface area contributed by atoms with Crippen molar-refractivity contribution < 1.29 is 19.1 Å². The number of imide groups is 1. The zero-order valence-electron chi connectivity index (χ0n) is 11.9. The van der Waals surface area contributed by atoms with E-state index < -0.39 is 11.9 Å². The van der Waals surface area contributed by atoms with Crippen molar-refractivity contribution in [2.45, 2.75) is 0 Å². The van der Waals surface area contributed by atoms with Gasteiger partial charge in [0.1, 0.15) is 11.5 Å². The number of nitrogens with one attached hydrogen (secondary N) is 2. The monoisotopic (exact) mass is 301 g/mol. The van der Waals surface area contributed by atoms with Crippen molar-refractivity contribution in [3.05, 3.63) is 48.7 Å². The van der Waals surface area contributed by atoms with Crippen LogP contribution in [0, 0.1) is 0 Å². The third-order valence-corrected chi connectivity index (χ3v) is 2.53. The first-order valence-electron chi connectivity index (χ1n) is 6.50. The van der Waals surface area contributed by atoms with Crippen LogP contribution in [-0.4, -0.2) is 30.6 Å². The highest BCUT2D eigenvalue weighted by Crippen LogP contribution is 2.21. The van der Waals surface area contributed by atoms with Gasteiger partial charge in [-0.25, -0.2) is 9.78 Å². The fourth-order valence-electron chi connectivity index (χ4n) is 1.51. The molecule has 0 aliphatic heterocycles. The molecule has 7 nitrogen and oxygen atoms in total. The van der Waals surface area contributed by atoms with E-state index in [1.807, 2.05) is 6.07 Å². The fourth-order valence-corrected chi connectivity index (χ4v) is 1.51. The van der Waals surface area contributed by atoms with Crippen LogP contribution in [0.25, 0.3) is 0 Å². The number of benzene rings is 1. The van der Waals surface area contributed by atoms with Crippen molar-refractivity contribution in [1.29, 1.82) is 0 Å². The number of carbonyl (C=O) groups is 2. The van der Waals surface area contributed by atoms with Gasteiger partial charge in [0, 0.05) is 19.3 Å². The molecule has 3 amide bonds. The van der Waals surface area contributed by atoms with Gasteiger partial charge in [-0.2, -0.15) is 0 Å². The minimum Gasteiger partial charge on any atom is -0.484 e. The van der Waals surface area contributed by atoms with Crippen LogP contribution in [0.3, 0.4) is 0 Å². The Morgan fingerprint density at radius 1 is 1.09 bits per heavy atom. The Balaban J connectivity index is 1.84. The van der Waals surface area contributed by atoms with Gasteiger partial charge < -0.3 is 14.8 Å². The van der Waals surface area contributed by atoms with Gasteiger partial charge in [-0.15, -0.1) is 0 Å². The lowest BCUT2D eigenvalue weighted by Gasteiger charge is -2.08. The number of hydrogen-bond donors (Lipinski definition) is 2. The Labute approximate surface area is 127 Å². The van der Waals surface area contributed by atoms with Gasteiger partial charge in [0.2, 0.25) is 5.88 Å². The number of carbonyl (C=O) groups excluding carboxylic acids is 2. The van der Waals surface area contributed by atoms with Crippen molar-refractivity contribution >= 4 is 11.9 Å². The van der Waals surface area contributed by atoms with Crippen LogP contribution in [0.15, 0.2) is 48.7 Å². The number of amides is 3. The second kappa shape index (κ2) is 7.63. The first-order valence-corrected chi connectivity index (χ1v) is 6.50. The summed E-state index contributed by atoms with van der Waals surface area (Å²) in [6.07, 6.45) is 1.64. The average molecular weight is 301 g/mol. The summed E-state index contributed by atoms with van der Waals surface area (Å²) in [7, 11) is 1.42. The summed E-state index contributed by atoms with van der Waals surface area (Å²) < 4.78 is 10.8. The summed E-state index contributed by atoms with van der Waals surface area (Å²) in [6.45, 7) is -0.256. The molecule has 0 fully saturated rings. The maximum Gasteiger partial charge on any atom is 0.321 e. The molecule has 2 aromatic rings. The van der Waals surface area contributed by atoms with Crippen LogP contribution < -0.4 is 20.1 Å². The van der Waals surface area contributed by atoms with Crippen molar-refractivity contribution in [2.24, 2.45) is 0 Å². The molecule has 0 aliphatic carbocycles. The number of aromatic nitrogens is 1. The van der Waals surface area contributed by atoms with Crippen LogP contribution in [0.1, 0.15) is 0 Å². The molecule has 1 heterocycles. The van der Waals surface area contributed by atoms with E-state index in [1.54, 1.807) is 42.6 Å². The summed E-state index contributed by atoms with van der Waals surface area (Å²) in [5.74, 6) is 1.04. The molecule has 0 atom stereocenters. The molecular formula is C15H15N3O4. The highest BCUT2D eigenvalue weighted by atomic mass is 16.5. The lowest BCUT2D eigenvalue weighted by molar-refractivity contribution is -0.122. The SMILES string of the molecule is CNC(=O)NC(=O)COc1ccc(Oc2ccccn2)cc1. The normalized spacial score (nSPS) is 9.68.